The Morgan fingerprint density at radius 3 is 2.79 bits per heavy atom. The predicted octanol–water partition coefficient (Wildman–Crippen LogP) is 3.99. The van der Waals surface area contributed by atoms with Crippen LogP contribution in [0.3, 0.4) is 0 Å². The van der Waals surface area contributed by atoms with Gasteiger partial charge in [0.1, 0.15) is 11.3 Å². The van der Waals surface area contributed by atoms with Gasteiger partial charge < -0.3 is 4.42 Å². The molecule has 0 atom stereocenters. The lowest BCUT2D eigenvalue weighted by Gasteiger charge is -1.99. The number of hydrogen-bond donors (Lipinski definition) is 0. The van der Waals surface area contributed by atoms with Gasteiger partial charge in [0.05, 0.1) is 16.5 Å². The largest absolute Gasteiger partial charge is 0.431 e. The second-order valence-corrected chi connectivity index (χ2v) is 4.80. The molecular weight excluding hydrogens is 263 g/mol. The minimum Gasteiger partial charge on any atom is -0.431 e. The van der Waals surface area contributed by atoms with E-state index in [9.17, 15) is 4.39 Å². The molecule has 5 heteroatoms. The molecule has 19 heavy (non-hydrogen) atoms. The van der Waals surface area contributed by atoms with Crippen LogP contribution in [-0.2, 0) is 0 Å². The van der Waals surface area contributed by atoms with Crippen molar-refractivity contribution >= 4 is 22.9 Å². The van der Waals surface area contributed by atoms with Gasteiger partial charge in [-0.05, 0) is 42.1 Å². The average Bonchev–Trinajstić information content (AvgIpc) is 2.83. The molecule has 0 amide bonds. The average molecular weight is 270 g/mol. The lowest BCUT2D eigenvalue weighted by Crippen LogP contribution is -1.83. The first kappa shape index (κ1) is 11.8. The van der Waals surface area contributed by atoms with Gasteiger partial charge in [0.25, 0.3) is 5.22 Å². The van der Waals surface area contributed by atoms with Gasteiger partial charge in [0, 0.05) is 0 Å². The Labute approximate surface area is 112 Å². The number of para-hydroxylation sites is 2. The van der Waals surface area contributed by atoms with Crippen molar-refractivity contribution in [2.75, 3.05) is 0 Å². The third-order valence-electron chi connectivity index (χ3n) is 2.53. The smallest absolute Gasteiger partial charge is 0.261 e. The van der Waals surface area contributed by atoms with Crippen molar-refractivity contribution in [2.24, 2.45) is 0 Å². The number of aromatic nitrogens is 1. The van der Waals surface area contributed by atoms with Gasteiger partial charge in [0.2, 0.25) is 0 Å². The molecule has 0 radical (unpaired) electrons. The molecule has 3 aromatic rings. The minimum atomic E-state index is -0.452. The fourth-order valence-corrected chi connectivity index (χ4v) is 2.40. The normalized spacial score (nSPS) is 10.5. The molecule has 2 aromatic carbocycles. The van der Waals surface area contributed by atoms with Crippen molar-refractivity contribution in [3.63, 3.8) is 0 Å². The zero-order chi connectivity index (χ0) is 13.2. The first-order chi connectivity index (χ1) is 9.26. The van der Waals surface area contributed by atoms with Crippen LogP contribution in [0.1, 0.15) is 5.56 Å². The van der Waals surface area contributed by atoms with E-state index in [0.717, 1.165) is 17.3 Å². The Bertz CT molecular complexity index is 758. The van der Waals surface area contributed by atoms with Gasteiger partial charge in [0.15, 0.2) is 5.58 Å². The van der Waals surface area contributed by atoms with Crippen LogP contribution in [0.2, 0.25) is 0 Å². The maximum absolute atomic E-state index is 13.7. The molecular formula is C14H7FN2OS. The maximum Gasteiger partial charge on any atom is 0.261 e. The molecule has 0 aliphatic carbocycles. The van der Waals surface area contributed by atoms with Crippen molar-refractivity contribution in [3.05, 3.63) is 53.8 Å². The summed E-state index contributed by atoms with van der Waals surface area (Å²) in [5.41, 5.74) is 1.69. The number of hydrogen-bond acceptors (Lipinski definition) is 4. The van der Waals surface area contributed by atoms with Crippen LogP contribution >= 0.6 is 11.8 Å². The fraction of sp³-hybridized carbons (Fsp3) is 0. The number of nitriles is 1. The second kappa shape index (κ2) is 4.75. The monoisotopic (exact) mass is 270 g/mol. The van der Waals surface area contributed by atoms with Gasteiger partial charge in [-0.3, -0.25) is 0 Å². The van der Waals surface area contributed by atoms with E-state index in [-0.39, 0.29) is 0 Å². The van der Waals surface area contributed by atoms with Crippen molar-refractivity contribution in [2.45, 2.75) is 10.1 Å². The zero-order valence-corrected chi connectivity index (χ0v) is 10.4. The highest BCUT2D eigenvalue weighted by molar-refractivity contribution is 7.99. The van der Waals surface area contributed by atoms with E-state index in [1.54, 1.807) is 12.1 Å². The Balaban J connectivity index is 1.94. The third-order valence-corrected chi connectivity index (χ3v) is 3.43. The summed E-state index contributed by atoms with van der Waals surface area (Å²) in [6.07, 6.45) is 0. The van der Waals surface area contributed by atoms with Crippen LogP contribution in [0.4, 0.5) is 4.39 Å². The van der Waals surface area contributed by atoms with Crippen LogP contribution in [0, 0.1) is 17.1 Å². The van der Waals surface area contributed by atoms with Crippen LogP contribution in [-0.4, -0.2) is 4.98 Å². The lowest BCUT2D eigenvalue weighted by atomic mass is 10.2. The van der Waals surface area contributed by atoms with Gasteiger partial charge in [-0.2, -0.15) is 5.26 Å². The van der Waals surface area contributed by atoms with E-state index in [0.29, 0.717) is 21.3 Å². The molecule has 0 unspecified atom stereocenters. The van der Waals surface area contributed by atoms with Crippen LogP contribution in [0.25, 0.3) is 11.1 Å². The molecule has 92 valence electrons. The molecule has 3 nitrogen and oxygen atoms in total. The summed E-state index contributed by atoms with van der Waals surface area (Å²) in [7, 11) is 0. The van der Waals surface area contributed by atoms with Crippen molar-refractivity contribution in [1.82, 2.24) is 4.98 Å². The van der Waals surface area contributed by atoms with E-state index in [4.69, 9.17) is 9.68 Å². The van der Waals surface area contributed by atoms with E-state index in [1.165, 1.54) is 6.07 Å². The molecule has 1 heterocycles. The van der Waals surface area contributed by atoms with Crippen LogP contribution in [0.5, 0.6) is 0 Å². The first-order valence-corrected chi connectivity index (χ1v) is 6.31. The molecule has 0 aliphatic rings. The highest BCUT2D eigenvalue weighted by atomic mass is 32.2. The number of oxazole rings is 1. The van der Waals surface area contributed by atoms with E-state index < -0.39 is 5.82 Å². The van der Waals surface area contributed by atoms with Gasteiger partial charge >= 0.3 is 0 Å². The molecule has 0 aliphatic heterocycles. The third kappa shape index (κ3) is 2.30. The van der Waals surface area contributed by atoms with Crippen LogP contribution in [0.15, 0.2) is 57.0 Å². The minimum absolute atomic E-state index is 0.291. The number of rotatable bonds is 2. The highest BCUT2D eigenvalue weighted by Crippen LogP contribution is 2.31. The molecule has 0 spiro atoms. The van der Waals surface area contributed by atoms with E-state index in [2.05, 4.69) is 4.98 Å². The molecule has 0 fully saturated rings. The topological polar surface area (TPSA) is 49.8 Å². The Kier molecular flexibility index (Phi) is 2.94. The van der Waals surface area contributed by atoms with Crippen molar-refractivity contribution in [3.8, 4) is 6.07 Å². The van der Waals surface area contributed by atoms with Gasteiger partial charge in [-0.1, -0.05) is 12.1 Å². The quantitative estimate of drug-likeness (QED) is 0.706. The summed E-state index contributed by atoms with van der Waals surface area (Å²) in [6.45, 7) is 0. The molecule has 1 aromatic heterocycles. The first-order valence-electron chi connectivity index (χ1n) is 5.49. The van der Waals surface area contributed by atoms with Crippen molar-refractivity contribution < 1.29 is 8.81 Å². The molecule has 0 bridgehead atoms. The Morgan fingerprint density at radius 1 is 1.21 bits per heavy atom. The Hall–Kier alpha value is -2.32. The summed E-state index contributed by atoms with van der Waals surface area (Å²) in [5.74, 6) is -0.452. The summed E-state index contributed by atoms with van der Waals surface area (Å²) < 4.78 is 19.2. The number of nitrogens with zero attached hydrogens (tertiary/aromatic N) is 2. The summed E-state index contributed by atoms with van der Waals surface area (Å²) in [6, 6.07) is 13.6. The number of benzene rings is 2. The maximum atomic E-state index is 13.7. The molecule has 0 saturated heterocycles. The second-order valence-electron chi connectivity index (χ2n) is 3.81. The lowest BCUT2D eigenvalue weighted by molar-refractivity contribution is 0.488. The van der Waals surface area contributed by atoms with Crippen LogP contribution < -0.4 is 0 Å². The molecule has 3 rings (SSSR count). The highest BCUT2D eigenvalue weighted by Gasteiger charge is 2.10. The molecule has 0 N–H and O–H groups in total. The fourth-order valence-electron chi connectivity index (χ4n) is 1.64. The van der Waals surface area contributed by atoms with Gasteiger partial charge in [-0.15, -0.1) is 0 Å². The van der Waals surface area contributed by atoms with E-state index in [1.807, 2.05) is 30.3 Å². The Morgan fingerprint density at radius 2 is 2.05 bits per heavy atom. The molecule has 0 saturated carbocycles. The summed E-state index contributed by atoms with van der Waals surface area (Å²) >= 11 is 1.10. The number of fused-ring (bicyclic) bond motifs is 1. The van der Waals surface area contributed by atoms with E-state index >= 15 is 0 Å². The summed E-state index contributed by atoms with van der Waals surface area (Å²) in [4.78, 5) is 4.64. The number of halogens is 1. The zero-order valence-electron chi connectivity index (χ0n) is 9.63. The summed E-state index contributed by atoms with van der Waals surface area (Å²) in [5, 5.41) is 9.06. The van der Waals surface area contributed by atoms with Gasteiger partial charge in [-0.25, -0.2) is 9.37 Å². The standard InChI is InChI=1S/C14H7FN2OS/c15-10-7-9(8-16)5-6-13(10)19-14-17-11-3-1-2-4-12(11)18-14/h1-7H. The SMILES string of the molecule is N#Cc1ccc(Sc2nc3ccccc3o2)c(F)c1. The van der Waals surface area contributed by atoms with Crippen molar-refractivity contribution in [1.29, 1.82) is 5.26 Å². The predicted molar refractivity (Wildman–Crippen MR) is 69.2 cm³/mol.